The van der Waals surface area contributed by atoms with Gasteiger partial charge in [0, 0.05) is 10.9 Å². The zero-order chi connectivity index (χ0) is 24.3. The van der Waals surface area contributed by atoms with Crippen molar-refractivity contribution in [1.29, 1.82) is 0 Å². The summed E-state index contributed by atoms with van der Waals surface area (Å²) in [4.78, 5) is 0. The fraction of sp³-hybridized carbons (Fsp3) is 0.0556. The number of hydrogen-bond acceptors (Lipinski definition) is 1. The second-order valence-electron chi connectivity index (χ2n) is 9.96. The summed E-state index contributed by atoms with van der Waals surface area (Å²) in [6.45, 7) is 0. The first-order valence-corrected chi connectivity index (χ1v) is 13.0. The molecule has 174 valence electrons. The van der Waals surface area contributed by atoms with E-state index in [9.17, 15) is 0 Å². The highest BCUT2D eigenvalue weighted by Gasteiger charge is 2.20. The molecule has 0 fully saturated rings. The van der Waals surface area contributed by atoms with Crippen LogP contribution in [0.4, 0.5) is 0 Å². The maximum absolute atomic E-state index is 6.33. The lowest BCUT2D eigenvalue weighted by Gasteiger charge is -2.18. The van der Waals surface area contributed by atoms with Gasteiger partial charge in [-0.05, 0) is 79.6 Å². The Kier molecular flexibility index (Phi) is 4.41. The van der Waals surface area contributed by atoms with Crippen LogP contribution in [0.5, 0.6) is 0 Å². The lowest BCUT2D eigenvalue weighted by Crippen LogP contribution is -1.92. The first kappa shape index (κ1) is 20.6. The van der Waals surface area contributed by atoms with E-state index in [2.05, 4.69) is 121 Å². The monoisotopic (exact) mass is 472 g/mol. The standard InChI is InChI=1S/C36H24O/c1-2-12-25-23(10-1)11-9-18-28(25)36-31-16-5-3-14-29(31)35(30-15-4-6-17-32(30)36)24-20-21-27-26-13-7-8-19-33(26)37-34(27)22-24/h1-6,8-12,14-22H,7,13H2. The van der Waals surface area contributed by atoms with Gasteiger partial charge in [0.05, 0.1) is 0 Å². The third-order valence-corrected chi connectivity index (χ3v) is 7.93. The minimum atomic E-state index is 0.973. The van der Waals surface area contributed by atoms with Gasteiger partial charge in [0.2, 0.25) is 0 Å². The van der Waals surface area contributed by atoms with Gasteiger partial charge in [0.25, 0.3) is 0 Å². The molecule has 6 aromatic carbocycles. The topological polar surface area (TPSA) is 13.1 Å². The number of allylic oxidation sites excluding steroid dienone is 1. The smallest absolute Gasteiger partial charge is 0.135 e. The third-order valence-electron chi connectivity index (χ3n) is 7.93. The van der Waals surface area contributed by atoms with Crippen LogP contribution in [0.1, 0.15) is 17.7 Å². The first-order chi connectivity index (χ1) is 18.4. The zero-order valence-corrected chi connectivity index (χ0v) is 20.4. The van der Waals surface area contributed by atoms with Crippen LogP contribution in [0.15, 0.2) is 120 Å². The van der Waals surface area contributed by atoms with Gasteiger partial charge in [0.15, 0.2) is 0 Å². The fourth-order valence-electron chi connectivity index (χ4n) is 6.31. The zero-order valence-electron chi connectivity index (χ0n) is 20.4. The van der Waals surface area contributed by atoms with Gasteiger partial charge in [-0.25, -0.2) is 0 Å². The average molecular weight is 473 g/mol. The molecular formula is C36H24O. The lowest BCUT2D eigenvalue weighted by atomic mass is 9.84. The molecule has 1 aromatic heterocycles. The van der Waals surface area contributed by atoms with Crippen LogP contribution in [-0.2, 0) is 6.42 Å². The molecule has 0 unspecified atom stereocenters. The van der Waals surface area contributed by atoms with Gasteiger partial charge >= 0.3 is 0 Å². The Morgan fingerprint density at radius 1 is 0.541 bits per heavy atom. The Morgan fingerprint density at radius 3 is 1.95 bits per heavy atom. The molecule has 1 nitrogen and oxygen atoms in total. The van der Waals surface area contributed by atoms with Crippen LogP contribution < -0.4 is 0 Å². The van der Waals surface area contributed by atoms with E-state index in [4.69, 9.17) is 4.42 Å². The largest absolute Gasteiger partial charge is 0.456 e. The first-order valence-electron chi connectivity index (χ1n) is 13.0. The van der Waals surface area contributed by atoms with Gasteiger partial charge in [-0.3, -0.25) is 0 Å². The Morgan fingerprint density at radius 2 is 1.19 bits per heavy atom. The van der Waals surface area contributed by atoms with E-state index >= 15 is 0 Å². The molecule has 0 bridgehead atoms. The van der Waals surface area contributed by atoms with Crippen LogP contribution in [0.2, 0.25) is 0 Å². The van der Waals surface area contributed by atoms with E-state index in [-0.39, 0.29) is 0 Å². The molecule has 1 heterocycles. The molecule has 0 atom stereocenters. The number of fused-ring (bicyclic) bond motifs is 6. The maximum atomic E-state index is 6.33. The highest BCUT2D eigenvalue weighted by Crippen LogP contribution is 2.46. The molecule has 37 heavy (non-hydrogen) atoms. The summed E-state index contributed by atoms with van der Waals surface area (Å²) in [5.74, 6) is 1.01. The summed E-state index contributed by atoms with van der Waals surface area (Å²) in [6, 6.07) is 39.8. The summed E-state index contributed by atoms with van der Waals surface area (Å²) in [6.07, 6.45) is 6.46. The molecule has 1 aliphatic carbocycles. The van der Waals surface area contributed by atoms with Gasteiger partial charge in [-0.2, -0.15) is 0 Å². The maximum Gasteiger partial charge on any atom is 0.135 e. The number of furan rings is 1. The predicted octanol–water partition coefficient (Wildman–Crippen LogP) is 10.2. The average Bonchev–Trinajstić information content (AvgIpc) is 3.33. The Balaban J connectivity index is 1.48. The summed E-state index contributed by atoms with van der Waals surface area (Å²) < 4.78 is 6.33. The van der Waals surface area contributed by atoms with Crippen LogP contribution in [0.3, 0.4) is 0 Å². The van der Waals surface area contributed by atoms with Crippen LogP contribution in [-0.4, -0.2) is 0 Å². The SMILES string of the molecule is C1=Cc2oc3cc(-c4c5ccccc5c(-c5cccc6ccccc56)c5ccccc45)ccc3c2CC1. The molecule has 0 saturated carbocycles. The van der Waals surface area contributed by atoms with Gasteiger partial charge in [0.1, 0.15) is 11.3 Å². The Bertz CT molecular complexity index is 1970. The van der Waals surface area contributed by atoms with Gasteiger partial charge in [-0.1, -0.05) is 109 Å². The van der Waals surface area contributed by atoms with Crippen molar-refractivity contribution in [2.24, 2.45) is 0 Å². The minimum Gasteiger partial charge on any atom is -0.456 e. The van der Waals surface area contributed by atoms with Crippen LogP contribution >= 0.6 is 0 Å². The Hall–Kier alpha value is -4.62. The van der Waals surface area contributed by atoms with E-state index in [0.717, 1.165) is 24.2 Å². The quantitative estimate of drug-likeness (QED) is 0.228. The molecule has 8 rings (SSSR count). The molecule has 0 amide bonds. The second-order valence-corrected chi connectivity index (χ2v) is 9.96. The summed E-state index contributed by atoms with van der Waals surface area (Å²) >= 11 is 0. The number of aryl methyl sites for hydroxylation is 1. The van der Waals surface area contributed by atoms with Crippen molar-refractivity contribution in [1.82, 2.24) is 0 Å². The summed E-state index contributed by atoms with van der Waals surface area (Å²) in [5, 5.41) is 8.86. The molecule has 0 radical (unpaired) electrons. The van der Waals surface area contributed by atoms with Gasteiger partial charge < -0.3 is 4.42 Å². The normalized spacial score (nSPS) is 13.1. The second kappa shape index (κ2) is 7.94. The van der Waals surface area contributed by atoms with Crippen molar-refractivity contribution < 1.29 is 4.42 Å². The van der Waals surface area contributed by atoms with E-state index in [1.54, 1.807) is 0 Å². The third kappa shape index (κ3) is 3.04. The van der Waals surface area contributed by atoms with Crippen molar-refractivity contribution in [3.8, 4) is 22.3 Å². The molecule has 0 aliphatic heterocycles. The molecule has 0 saturated heterocycles. The molecule has 1 heteroatoms. The minimum absolute atomic E-state index is 0.973. The molecule has 7 aromatic rings. The predicted molar refractivity (Wildman–Crippen MR) is 157 cm³/mol. The lowest BCUT2D eigenvalue weighted by molar-refractivity contribution is 0.595. The Labute approximate surface area is 215 Å². The van der Waals surface area contributed by atoms with E-state index in [1.807, 2.05) is 0 Å². The van der Waals surface area contributed by atoms with E-state index in [0.29, 0.717) is 0 Å². The van der Waals surface area contributed by atoms with Gasteiger partial charge in [-0.15, -0.1) is 0 Å². The molecule has 1 aliphatic rings. The molecule has 0 N–H and O–H groups in total. The number of hydrogen-bond donors (Lipinski definition) is 0. The summed E-state index contributed by atoms with van der Waals surface area (Å²) in [7, 11) is 0. The highest BCUT2D eigenvalue weighted by molar-refractivity contribution is 6.23. The van der Waals surface area contributed by atoms with Crippen molar-refractivity contribution >= 4 is 49.4 Å². The van der Waals surface area contributed by atoms with E-state index < -0.39 is 0 Å². The summed E-state index contributed by atoms with van der Waals surface area (Å²) in [5.41, 5.74) is 7.34. The van der Waals surface area contributed by atoms with Crippen molar-refractivity contribution in [3.63, 3.8) is 0 Å². The fourth-order valence-corrected chi connectivity index (χ4v) is 6.31. The highest BCUT2D eigenvalue weighted by atomic mass is 16.3. The number of benzene rings is 6. The van der Waals surface area contributed by atoms with E-state index in [1.165, 1.54) is 65.5 Å². The number of rotatable bonds is 2. The van der Waals surface area contributed by atoms with Crippen LogP contribution in [0.25, 0.3) is 71.6 Å². The van der Waals surface area contributed by atoms with Crippen molar-refractivity contribution in [2.75, 3.05) is 0 Å². The van der Waals surface area contributed by atoms with Crippen LogP contribution in [0, 0.1) is 0 Å². The molecule has 0 spiro atoms. The van der Waals surface area contributed by atoms with Crippen molar-refractivity contribution in [2.45, 2.75) is 12.8 Å². The molecular weight excluding hydrogens is 448 g/mol. The van der Waals surface area contributed by atoms with Crippen molar-refractivity contribution in [3.05, 3.63) is 127 Å².